The molecule has 0 aliphatic carbocycles. The molecule has 1 aromatic carbocycles. The maximum absolute atomic E-state index is 13.0. The van der Waals surface area contributed by atoms with Crippen molar-refractivity contribution < 1.29 is 19.1 Å². The molecule has 0 saturated carbocycles. The first-order valence-electron chi connectivity index (χ1n) is 10.2. The van der Waals surface area contributed by atoms with Crippen molar-refractivity contribution in [3.8, 4) is 5.75 Å². The Morgan fingerprint density at radius 2 is 1.79 bits per heavy atom. The minimum absolute atomic E-state index is 0.100. The number of urea groups is 1. The molecule has 1 saturated heterocycles. The van der Waals surface area contributed by atoms with Crippen molar-refractivity contribution in [1.29, 1.82) is 0 Å². The quantitative estimate of drug-likeness (QED) is 0.751. The number of amides is 3. The molecule has 0 radical (unpaired) electrons. The highest BCUT2D eigenvalue weighted by atomic mass is 16.6. The Kier molecular flexibility index (Phi) is 8.42. The Hall–Kier alpha value is -2.44. The lowest BCUT2D eigenvalue weighted by molar-refractivity contribution is 0.0757. The fraction of sp³-hybridized carbons (Fsp3) is 0.619. The molecule has 156 valence electrons. The molecular formula is C21H33N3O4. The van der Waals surface area contributed by atoms with Gasteiger partial charge in [0.2, 0.25) is 0 Å². The van der Waals surface area contributed by atoms with Crippen LogP contribution in [0.1, 0.15) is 47.0 Å². The van der Waals surface area contributed by atoms with Gasteiger partial charge in [0.1, 0.15) is 5.75 Å². The Morgan fingerprint density at radius 3 is 2.32 bits per heavy atom. The number of nitrogens with one attached hydrogen (secondary N) is 1. The summed E-state index contributed by atoms with van der Waals surface area (Å²) in [5.41, 5.74) is 0.741. The summed E-state index contributed by atoms with van der Waals surface area (Å²) in [5, 5.41) is 3.00. The summed E-state index contributed by atoms with van der Waals surface area (Å²) in [6.07, 6.45) is 2.10. The smallest absolute Gasteiger partial charge is 0.409 e. The van der Waals surface area contributed by atoms with Crippen molar-refractivity contribution in [3.63, 3.8) is 0 Å². The van der Waals surface area contributed by atoms with Crippen LogP contribution in [0.25, 0.3) is 0 Å². The van der Waals surface area contributed by atoms with Crippen LogP contribution < -0.4 is 10.1 Å². The molecule has 0 bridgehead atoms. The summed E-state index contributed by atoms with van der Waals surface area (Å²) in [6, 6.07) is 7.51. The number of hydrogen-bond acceptors (Lipinski definition) is 4. The lowest BCUT2D eigenvalue weighted by Crippen LogP contribution is -2.53. The fourth-order valence-corrected chi connectivity index (χ4v) is 3.45. The van der Waals surface area contributed by atoms with E-state index in [1.807, 2.05) is 36.1 Å². The number of piperidine rings is 1. The summed E-state index contributed by atoms with van der Waals surface area (Å²) in [7, 11) is 0. The van der Waals surface area contributed by atoms with E-state index in [4.69, 9.17) is 9.47 Å². The summed E-state index contributed by atoms with van der Waals surface area (Å²) < 4.78 is 10.5. The van der Waals surface area contributed by atoms with Crippen molar-refractivity contribution in [2.45, 2.75) is 59.0 Å². The first kappa shape index (κ1) is 21.9. The van der Waals surface area contributed by atoms with Crippen molar-refractivity contribution in [1.82, 2.24) is 9.80 Å². The molecule has 1 N–H and O–H groups in total. The maximum atomic E-state index is 13.0. The third kappa shape index (κ3) is 5.78. The van der Waals surface area contributed by atoms with Gasteiger partial charge in [-0.2, -0.15) is 0 Å². The van der Waals surface area contributed by atoms with Crippen LogP contribution in [0.2, 0.25) is 0 Å². The first-order valence-corrected chi connectivity index (χ1v) is 10.2. The van der Waals surface area contributed by atoms with Gasteiger partial charge in [-0.25, -0.2) is 9.59 Å². The van der Waals surface area contributed by atoms with Gasteiger partial charge in [0.05, 0.1) is 13.2 Å². The highest BCUT2D eigenvalue weighted by molar-refractivity contribution is 5.89. The van der Waals surface area contributed by atoms with Gasteiger partial charge in [-0.3, -0.25) is 0 Å². The number of carbonyl (C=O) groups excluding carboxylic acids is 2. The predicted octanol–water partition coefficient (Wildman–Crippen LogP) is 4.34. The van der Waals surface area contributed by atoms with Gasteiger partial charge < -0.3 is 24.6 Å². The average Bonchev–Trinajstić information content (AvgIpc) is 2.70. The molecule has 1 heterocycles. The van der Waals surface area contributed by atoms with Crippen molar-refractivity contribution in [2.24, 2.45) is 0 Å². The Balaban J connectivity index is 2.01. The minimum atomic E-state index is -0.269. The van der Waals surface area contributed by atoms with E-state index in [0.717, 1.165) is 30.7 Å². The third-order valence-corrected chi connectivity index (χ3v) is 5.10. The van der Waals surface area contributed by atoms with Crippen LogP contribution in [-0.2, 0) is 4.74 Å². The highest BCUT2D eigenvalue weighted by Crippen LogP contribution is 2.23. The van der Waals surface area contributed by atoms with E-state index >= 15 is 0 Å². The lowest BCUT2D eigenvalue weighted by Gasteiger charge is -2.41. The molecule has 1 aliphatic rings. The second kappa shape index (κ2) is 10.8. The standard InChI is InChI=1S/C21H33N3O4/c1-5-16(4)24(18-12-14-23(15-13-18)21(26)28-7-3)20(25)22-17-8-10-19(11-9-17)27-6-2/h8-11,16,18H,5-7,12-15H2,1-4H3,(H,22,25)/t16-/m1/s1. The monoisotopic (exact) mass is 391 g/mol. The van der Waals surface area contributed by atoms with Crippen LogP contribution in [-0.4, -0.2) is 60.3 Å². The average molecular weight is 392 g/mol. The molecule has 1 atom stereocenters. The van der Waals surface area contributed by atoms with Crippen LogP contribution in [0.5, 0.6) is 5.75 Å². The van der Waals surface area contributed by atoms with Crippen molar-refractivity contribution in [3.05, 3.63) is 24.3 Å². The lowest BCUT2D eigenvalue weighted by atomic mass is 10.0. The molecule has 1 fully saturated rings. The van der Waals surface area contributed by atoms with Crippen LogP contribution in [0.15, 0.2) is 24.3 Å². The first-order chi connectivity index (χ1) is 13.5. The topological polar surface area (TPSA) is 71.1 Å². The Morgan fingerprint density at radius 1 is 1.14 bits per heavy atom. The number of likely N-dealkylation sites (tertiary alicyclic amines) is 1. The zero-order valence-corrected chi connectivity index (χ0v) is 17.4. The number of benzene rings is 1. The van der Waals surface area contributed by atoms with Crippen LogP contribution in [0.4, 0.5) is 15.3 Å². The predicted molar refractivity (Wildman–Crippen MR) is 110 cm³/mol. The second-order valence-corrected chi connectivity index (χ2v) is 6.97. The van der Waals surface area contributed by atoms with E-state index in [1.165, 1.54) is 0 Å². The Labute approximate surface area is 168 Å². The van der Waals surface area contributed by atoms with Gasteiger partial charge >= 0.3 is 12.1 Å². The van der Waals surface area contributed by atoms with Gasteiger partial charge in [0.15, 0.2) is 0 Å². The molecule has 1 aliphatic heterocycles. The fourth-order valence-electron chi connectivity index (χ4n) is 3.45. The van der Waals surface area contributed by atoms with Gasteiger partial charge in [-0.05, 0) is 64.3 Å². The van der Waals surface area contributed by atoms with Gasteiger partial charge in [-0.15, -0.1) is 0 Å². The number of nitrogens with zero attached hydrogens (tertiary/aromatic N) is 2. The van der Waals surface area contributed by atoms with Gasteiger partial charge in [0.25, 0.3) is 0 Å². The van der Waals surface area contributed by atoms with Gasteiger partial charge in [0, 0.05) is 30.9 Å². The molecule has 3 amide bonds. The van der Waals surface area contributed by atoms with Crippen LogP contribution in [0.3, 0.4) is 0 Å². The molecular weight excluding hydrogens is 358 g/mol. The zero-order chi connectivity index (χ0) is 20.5. The summed E-state index contributed by atoms with van der Waals surface area (Å²) in [6.45, 7) is 10.1. The Bertz CT molecular complexity index is 627. The zero-order valence-electron chi connectivity index (χ0n) is 17.4. The van der Waals surface area contributed by atoms with E-state index < -0.39 is 0 Å². The number of carbonyl (C=O) groups is 2. The largest absolute Gasteiger partial charge is 0.494 e. The summed E-state index contributed by atoms with van der Waals surface area (Å²) in [4.78, 5) is 28.6. The van der Waals surface area contributed by atoms with E-state index in [1.54, 1.807) is 11.8 Å². The molecule has 7 nitrogen and oxygen atoms in total. The number of anilines is 1. The SMILES string of the molecule is CCOC(=O)N1CCC(N(C(=O)Nc2ccc(OCC)cc2)[C@H](C)CC)CC1. The second-order valence-electron chi connectivity index (χ2n) is 6.97. The van der Waals surface area contributed by atoms with E-state index in [0.29, 0.717) is 26.3 Å². The van der Waals surface area contributed by atoms with Crippen LogP contribution in [0, 0.1) is 0 Å². The van der Waals surface area contributed by atoms with Crippen molar-refractivity contribution in [2.75, 3.05) is 31.6 Å². The third-order valence-electron chi connectivity index (χ3n) is 5.10. The van der Waals surface area contributed by atoms with E-state index in [-0.39, 0.29) is 24.2 Å². The van der Waals surface area contributed by atoms with E-state index in [2.05, 4.69) is 19.2 Å². The molecule has 0 unspecified atom stereocenters. The molecule has 2 rings (SSSR count). The normalized spacial score (nSPS) is 15.6. The molecule has 1 aromatic rings. The number of rotatable bonds is 7. The summed E-state index contributed by atoms with van der Waals surface area (Å²) in [5.74, 6) is 0.783. The molecule has 7 heteroatoms. The van der Waals surface area contributed by atoms with Crippen LogP contribution >= 0.6 is 0 Å². The van der Waals surface area contributed by atoms with Gasteiger partial charge in [-0.1, -0.05) is 6.92 Å². The number of hydrogen-bond donors (Lipinski definition) is 1. The molecule has 28 heavy (non-hydrogen) atoms. The minimum Gasteiger partial charge on any atom is -0.494 e. The molecule has 0 aromatic heterocycles. The summed E-state index contributed by atoms with van der Waals surface area (Å²) >= 11 is 0. The maximum Gasteiger partial charge on any atom is 0.409 e. The van der Waals surface area contributed by atoms with E-state index in [9.17, 15) is 9.59 Å². The highest BCUT2D eigenvalue weighted by Gasteiger charge is 2.32. The van der Waals surface area contributed by atoms with Crippen molar-refractivity contribution >= 4 is 17.8 Å². The number of ether oxygens (including phenoxy) is 2. The molecule has 0 spiro atoms.